The lowest BCUT2D eigenvalue weighted by Crippen LogP contribution is -3.29. The first-order valence-electron chi connectivity index (χ1n) is 7.13. The van der Waals surface area contributed by atoms with Crippen LogP contribution in [0.15, 0.2) is 0 Å². The number of rotatable bonds is 4. The van der Waals surface area contributed by atoms with E-state index in [1.165, 1.54) is 50.1 Å². The predicted molar refractivity (Wildman–Crippen MR) is 62.8 cm³/mol. The van der Waals surface area contributed by atoms with Gasteiger partial charge in [0.25, 0.3) is 0 Å². The molecule has 1 saturated heterocycles. The summed E-state index contributed by atoms with van der Waals surface area (Å²) in [5.41, 5.74) is 0. The van der Waals surface area contributed by atoms with E-state index in [1.807, 2.05) is 0 Å². The number of aliphatic carboxylic acids is 1. The van der Waals surface area contributed by atoms with Gasteiger partial charge < -0.3 is 19.7 Å². The molecule has 17 heavy (non-hydrogen) atoms. The minimum Gasteiger partial charge on any atom is -0.550 e. The lowest BCUT2D eigenvalue weighted by atomic mass is 9.94. The maximum atomic E-state index is 10.4. The van der Waals surface area contributed by atoms with E-state index in [1.54, 1.807) is 4.90 Å². The number of hydrogen-bond acceptors (Lipinski definition) is 2. The van der Waals surface area contributed by atoms with Crippen LogP contribution in [0.3, 0.4) is 0 Å². The van der Waals surface area contributed by atoms with Crippen LogP contribution in [0.2, 0.25) is 0 Å². The Morgan fingerprint density at radius 3 is 2.29 bits per heavy atom. The lowest BCUT2D eigenvalue weighted by molar-refractivity contribution is -1.02. The fraction of sp³-hybridized carbons (Fsp3) is 0.923. The molecule has 2 aliphatic rings. The standard InChI is InChI=1S/C13H24N2O2/c16-13(17)6-7-14-8-10-15(11-9-14)12-4-2-1-3-5-12/h12H,1-11H2,(H,16,17)/p+1. The second kappa shape index (κ2) is 6.36. The summed E-state index contributed by atoms with van der Waals surface area (Å²) >= 11 is 0. The largest absolute Gasteiger partial charge is 0.550 e. The normalized spacial score (nSPS) is 31.3. The summed E-state index contributed by atoms with van der Waals surface area (Å²) in [6.07, 6.45) is 7.28. The molecule has 98 valence electrons. The van der Waals surface area contributed by atoms with E-state index in [2.05, 4.69) is 0 Å². The number of nitrogens with one attached hydrogen (secondary N) is 2. The van der Waals surface area contributed by atoms with Crippen molar-refractivity contribution in [3.8, 4) is 0 Å². The molecule has 0 spiro atoms. The number of carboxylic acids is 1. The van der Waals surface area contributed by atoms with Crippen LogP contribution in [-0.4, -0.2) is 44.7 Å². The minimum atomic E-state index is -0.903. The Bertz CT molecular complexity index is 244. The van der Waals surface area contributed by atoms with Crippen molar-refractivity contribution in [2.75, 3.05) is 32.7 Å². The summed E-state index contributed by atoms with van der Waals surface area (Å²) in [6.45, 7) is 5.48. The minimum absolute atomic E-state index is 0.216. The summed E-state index contributed by atoms with van der Waals surface area (Å²) in [6, 6.07) is 0.895. The highest BCUT2D eigenvalue weighted by Gasteiger charge is 2.29. The highest BCUT2D eigenvalue weighted by Crippen LogP contribution is 2.15. The monoisotopic (exact) mass is 241 g/mol. The summed E-state index contributed by atoms with van der Waals surface area (Å²) < 4.78 is 0. The molecule has 0 aromatic rings. The molecule has 4 heteroatoms. The average molecular weight is 241 g/mol. The van der Waals surface area contributed by atoms with Crippen LogP contribution in [0.4, 0.5) is 0 Å². The number of carbonyl (C=O) groups excluding carboxylic acids is 1. The third kappa shape index (κ3) is 3.96. The van der Waals surface area contributed by atoms with Crippen LogP contribution < -0.4 is 14.9 Å². The Kier molecular flexibility index (Phi) is 4.80. The van der Waals surface area contributed by atoms with Gasteiger partial charge >= 0.3 is 0 Å². The van der Waals surface area contributed by atoms with Gasteiger partial charge in [0.1, 0.15) is 26.2 Å². The molecule has 1 heterocycles. The molecule has 0 atom stereocenters. The quantitative estimate of drug-likeness (QED) is 0.560. The Balaban J connectivity index is 1.68. The highest BCUT2D eigenvalue weighted by molar-refractivity contribution is 5.64. The van der Waals surface area contributed by atoms with Crippen LogP contribution in [0.25, 0.3) is 0 Å². The maximum Gasteiger partial charge on any atom is 0.127 e. The van der Waals surface area contributed by atoms with Crippen LogP contribution >= 0.6 is 0 Å². The van der Waals surface area contributed by atoms with Gasteiger partial charge in [-0.25, -0.2) is 0 Å². The van der Waals surface area contributed by atoms with Gasteiger partial charge in [0.2, 0.25) is 0 Å². The first kappa shape index (κ1) is 12.8. The van der Waals surface area contributed by atoms with E-state index in [9.17, 15) is 9.90 Å². The van der Waals surface area contributed by atoms with E-state index >= 15 is 0 Å². The van der Waals surface area contributed by atoms with Crippen molar-refractivity contribution in [1.82, 2.24) is 0 Å². The zero-order valence-corrected chi connectivity index (χ0v) is 10.7. The third-order valence-corrected chi connectivity index (χ3v) is 4.46. The molecule has 0 unspecified atom stereocenters. The number of carboxylic acid groups (broad SMARTS) is 1. The number of carbonyl (C=O) groups is 1. The number of quaternary nitrogens is 2. The van der Waals surface area contributed by atoms with Gasteiger partial charge in [0.05, 0.1) is 12.6 Å². The second-order valence-electron chi connectivity index (χ2n) is 5.62. The average Bonchev–Trinajstić information content (AvgIpc) is 2.38. The molecular weight excluding hydrogens is 216 g/mol. The molecule has 0 aromatic carbocycles. The van der Waals surface area contributed by atoms with Gasteiger partial charge in [-0.3, -0.25) is 0 Å². The van der Waals surface area contributed by atoms with Gasteiger partial charge in [-0.05, 0) is 25.7 Å². The molecule has 0 bridgehead atoms. The maximum absolute atomic E-state index is 10.4. The van der Waals surface area contributed by atoms with Crippen LogP contribution in [0, 0.1) is 0 Å². The molecule has 0 aromatic heterocycles. The number of piperazine rings is 1. The Labute approximate surface area is 104 Å². The molecule has 0 amide bonds. The summed E-state index contributed by atoms with van der Waals surface area (Å²) in [4.78, 5) is 13.7. The molecule has 0 radical (unpaired) electrons. The van der Waals surface area contributed by atoms with Gasteiger partial charge in [0.15, 0.2) is 0 Å². The summed E-state index contributed by atoms with van der Waals surface area (Å²) in [5.74, 6) is -0.903. The molecule has 1 aliphatic carbocycles. The smallest absolute Gasteiger partial charge is 0.127 e. The van der Waals surface area contributed by atoms with E-state index < -0.39 is 5.97 Å². The number of hydrogen-bond donors (Lipinski definition) is 2. The van der Waals surface area contributed by atoms with Crippen LogP contribution in [-0.2, 0) is 4.79 Å². The third-order valence-electron chi connectivity index (χ3n) is 4.46. The van der Waals surface area contributed by atoms with Crippen molar-refractivity contribution in [2.45, 2.75) is 44.6 Å². The van der Waals surface area contributed by atoms with Crippen LogP contribution in [0.5, 0.6) is 0 Å². The molecule has 2 N–H and O–H groups in total. The molecule has 4 nitrogen and oxygen atoms in total. The van der Waals surface area contributed by atoms with Crippen molar-refractivity contribution in [3.05, 3.63) is 0 Å². The molecule has 2 rings (SSSR count). The fourth-order valence-electron chi connectivity index (χ4n) is 3.37. The summed E-state index contributed by atoms with van der Waals surface area (Å²) in [5, 5.41) is 10.4. The van der Waals surface area contributed by atoms with Crippen molar-refractivity contribution in [1.29, 1.82) is 0 Å². The van der Waals surface area contributed by atoms with Gasteiger partial charge in [0, 0.05) is 12.4 Å². The predicted octanol–water partition coefficient (Wildman–Crippen LogP) is -2.76. The van der Waals surface area contributed by atoms with E-state index in [-0.39, 0.29) is 6.42 Å². The van der Waals surface area contributed by atoms with Crippen molar-refractivity contribution in [2.24, 2.45) is 0 Å². The summed E-state index contributed by atoms with van der Waals surface area (Å²) in [7, 11) is 0. The van der Waals surface area contributed by atoms with Gasteiger partial charge in [-0.2, -0.15) is 0 Å². The fourth-order valence-corrected chi connectivity index (χ4v) is 3.37. The SMILES string of the molecule is O=C([O-])CC[NH+]1CC[NH+](C2CCCCC2)CC1. The first-order chi connectivity index (χ1) is 8.25. The highest BCUT2D eigenvalue weighted by atomic mass is 16.4. The lowest BCUT2D eigenvalue weighted by Gasteiger charge is -2.36. The van der Waals surface area contributed by atoms with Gasteiger partial charge in [-0.15, -0.1) is 0 Å². The van der Waals surface area contributed by atoms with E-state index in [0.29, 0.717) is 0 Å². The van der Waals surface area contributed by atoms with Crippen molar-refractivity contribution in [3.63, 3.8) is 0 Å². The second-order valence-corrected chi connectivity index (χ2v) is 5.62. The van der Waals surface area contributed by atoms with Gasteiger partial charge in [-0.1, -0.05) is 6.42 Å². The molecular formula is C13H25N2O2+. The molecule has 1 saturated carbocycles. The Morgan fingerprint density at radius 1 is 1.06 bits per heavy atom. The zero-order valence-electron chi connectivity index (χ0n) is 10.7. The first-order valence-corrected chi connectivity index (χ1v) is 7.13. The van der Waals surface area contributed by atoms with Crippen molar-refractivity contribution >= 4 is 5.97 Å². The van der Waals surface area contributed by atoms with E-state index in [0.717, 1.165) is 25.7 Å². The molecule has 2 fully saturated rings. The Morgan fingerprint density at radius 2 is 1.71 bits per heavy atom. The van der Waals surface area contributed by atoms with Crippen LogP contribution in [0.1, 0.15) is 38.5 Å². The topological polar surface area (TPSA) is 49.0 Å². The van der Waals surface area contributed by atoms with E-state index in [4.69, 9.17) is 0 Å². The Hall–Kier alpha value is -0.610. The zero-order chi connectivity index (χ0) is 12.1. The molecule has 1 aliphatic heterocycles. The van der Waals surface area contributed by atoms with Crippen molar-refractivity contribution < 1.29 is 19.7 Å².